The van der Waals surface area contributed by atoms with Gasteiger partial charge in [0.15, 0.2) is 11.5 Å². The fraction of sp³-hybridized carbons (Fsp3) is 0.333. The Kier molecular flexibility index (Phi) is 11.1. The third-order valence-electron chi connectivity index (χ3n) is 12.2. The highest BCUT2D eigenvalue weighted by Crippen LogP contribution is 2.46. The molecule has 9 rings (SSSR count). The molecule has 1 unspecified atom stereocenters. The number of amides is 1. The molecule has 0 bridgehead atoms. The largest absolute Gasteiger partial charge is 0.494 e. The summed E-state index contributed by atoms with van der Waals surface area (Å²) in [6, 6.07) is 20.0. The zero-order chi connectivity index (χ0) is 43.6. The van der Waals surface area contributed by atoms with Crippen LogP contribution in [-0.4, -0.2) is 71.9 Å². The molecule has 0 aliphatic carbocycles. The van der Waals surface area contributed by atoms with E-state index in [4.69, 9.17) is 52.6 Å². The van der Waals surface area contributed by atoms with E-state index in [1.54, 1.807) is 16.5 Å². The second kappa shape index (κ2) is 16.6. The Hall–Kier alpha value is -5.66. The quantitative estimate of drug-likeness (QED) is 0.0645. The minimum absolute atomic E-state index is 0.161. The number of pyridine rings is 1. The second-order valence-electron chi connectivity index (χ2n) is 16.3. The van der Waals surface area contributed by atoms with Gasteiger partial charge in [0.1, 0.15) is 16.9 Å². The maximum Gasteiger partial charge on any atom is 0.276 e. The number of anilines is 1. The van der Waals surface area contributed by atoms with Gasteiger partial charge in [0.05, 0.1) is 49.4 Å². The first-order chi connectivity index (χ1) is 29.9. The number of carbonyl (C=O) groups is 1. The lowest BCUT2D eigenvalue weighted by atomic mass is 9.98. The van der Waals surface area contributed by atoms with Crippen LogP contribution < -0.4 is 9.64 Å². The van der Waals surface area contributed by atoms with Gasteiger partial charge in [-0.05, 0) is 101 Å². The van der Waals surface area contributed by atoms with Crippen LogP contribution in [0.3, 0.4) is 0 Å². The third-order valence-corrected chi connectivity index (χ3v) is 13.4. The number of para-hydroxylation sites is 1. The first-order valence-corrected chi connectivity index (χ1v) is 21.7. The fourth-order valence-corrected chi connectivity index (χ4v) is 9.56. The van der Waals surface area contributed by atoms with Crippen LogP contribution in [0.5, 0.6) is 5.75 Å². The molecular weight excluding hydrogens is 823 g/mol. The Morgan fingerprint density at radius 1 is 0.903 bits per heavy atom. The molecule has 5 aromatic heterocycles. The number of benzene rings is 3. The number of ether oxygens (including phenoxy) is 3. The van der Waals surface area contributed by atoms with E-state index in [-0.39, 0.29) is 11.9 Å². The van der Waals surface area contributed by atoms with Crippen LogP contribution in [0.1, 0.15) is 63.5 Å². The number of hydrogen-bond donors (Lipinski definition) is 0. The molecule has 6 heterocycles. The Morgan fingerprint density at radius 2 is 1.69 bits per heavy atom. The molecule has 320 valence electrons. The van der Waals surface area contributed by atoms with Crippen molar-refractivity contribution in [2.45, 2.75) is 65.6 Å². The molecule has 1 aliphatic rings. The lowest BCUT2D eigenvalue weighted by Crippen LogP contribution is -2.47. The average Bonchev–Trinajstić information content (AvgIpc) is 4.00. The van der Waals surface area contributed by atoms with E-state index in [1.807, 2.05) is 92.9 Å². The molecule has 14 heteroatoms. The van der Waals surface area contributed by atoms with Gasteiger partial charge in [0.2, 0.25) is 0 Å². The number of hydrogen-bond acceptors (Lipinski definition) is 7. The molecular formula is C48H50Cl2N8O4. The van der Waals surface area contributed by atoms with E-state index in [2.05, 4.69) is 42.7 Å². The van der Waals surface area contributed by atoms with Crippen LogP contribution in [0.4, 0.5) is 5.69 Å². The maximum absolute atomic E-state index is 15.5. The van der Waals surface area contributed by atoms with E-state index >= 15 is 4.79 Å². The molecule has 0 saturated heterocycles. The second-order valence-corrected chi connectivity index (χ2v) is 17.1. The van der Waals surface area contributed by atoms with Gasteiger partial charge in [-0.2, -0.15) is 5.10 Å². The number of aromatic nitrogens is 7. The number of rotatable bonds is 13. The van der Waals surface area contributed by atoms with E-state index in [9.17, 15) is 0 Å². The van der Waals surface area contributed by atoms with Crippen molar-refractivity contribution in [3.63, 3.8) is 0 Å². The number of halogens is 2. The lowest BCUT2D eigenvalue weighted by Gasteiger charge is -2.38. The Bertz CT molecular complexity index is 3010. The standard InChI is InChI=1S/C48H50Cl2N8O4/c1-27-22-34(23-28(2)42(27)49)62-19-11-15-36-35-13-9-14-37(41-29(3)52-55(7)30(41)4)43(35)57-31(5)45(50)58(48(59)44(36)57)40-25-54(6)39-17-16-32(24-38(39)40)46-51-47-33(26-61-21-20-60-8)12-10-18-56(47)53-46/h9-10,12-14,16-18,22-25,31,45H,11,15,19-21,26H2,1-8H3/t31?,45-/m0/s1. The monoisotopic (exact) mass is 872 g/mol. The zero-order valence-corrected chi connectivity index (χ0v) is 37.8. The summed E-state index contributed by atoms with van der Waals surface area (Å²) in [7, 11) is 5.61. The topological polar surface area (TPSA) is 106 Å². The maximum atomic E-state index is 15.5. The van der Waals surface area contributed by atoms with Crippen LogP contribution in [-0.2, 0) is 36.6 Å². The van der Waals surface area contributed by atoms with Crippen LogP contribution in [0.2, 0.25) is 5.02 Å². The first kappa shape index (κ1) is 41.7. The number of fused-ring (bicyclic) bond motifs is 5. The van der Waals surface area contributed by atoms with Gasteiger partial charge in [-0.15, -0.1) is 5.10 Å². The van der Waals surface area contributed by atoms with E-state index in [0.29, 0.717) is 56.4 Å². The molecule has 0 fully saturated rings. The zero-order valence-electron chi connectivity index (χ0n) is 36.3. The van der Waals surface area contributed by atoms with Crippen molar-refractivity contribution < 1.29 is 19.0 Å². The Morgan fingerprint density at radius 3 is 2.44 bits per heavy atom. The molecule has 0 spiro atoms. The highest BCUT2D eigenvalue weighted by atomic mass is 35.5. The summed E-state index contributed by atoms with van der Waals surface area (Å²) >= 11 is 14.0. The van der Waals surface area contributed by atoms with Gasteiger partial charge in [-0.25, -0.2) is 9.50 Å². The van der Waals surface area contributed by atoms with Gasteiger partial charge in [-0.1, -0.05) is 47.5 Å². The lowest BCUT2D eigenvalue weighted by molar-refractivity contribution is 0.0619. The Labute approximate surface area is 370 Å². The van der Waals surface area contributed by atoms with Crippen molar-refractivity contribution in [1.29, 1.82) is 0 Å². The molecule has 2 atom stereocenters. The highest BCUT2D eigenvalue weighted by Gasteiger charge is 2.42. The van der Waals surface area contributed by atoms with Crippen LogP contribution in [0.25, 0.3) is 50.0 Å². The molecule has 0 N–H and O–H groups in total. The summed E-state index contributed by atoms with van der Waals surface area (Å²) in [6.45, 7) is 12.0. The molecule has 62 heavy (non-hydrogen) atoms. The molecule has 0 radical (unpaired) electrons. The summed E-state index contributed by atoms with van der Waals surface area (Å²) < 4.78 is 25.2. The summed E-state index contributed by atoms with van der Waals surface area (Å²) in [5.41, 5.74) is 12.0. The molecule has 0 saturated carbocycles. The van der Waals surface area contributed by atoms with Crippen molar-refractivity contribution in [3.05, 3.63) is 117 Å². The predicted octanol–water partition coefficient (Wildman–Crippen LogP) is 10.1. The van der Waals surface area contributed by atoms with Crippen molar-refractivity contribution in [2.24, 2.45) is 14.1 Å². The van der Waals surface area contributed by atoms with Crippen LogP contribution >= 0.6 is 23.2 Å². The van der Waals surface area contributed by atoms with Crippen molar-refractivity contribution in [1.82, 2.24) is 33.5 Å². The number of aryl methyl sites for hydroxylation is 6. The number of methoxy groups -OCH3 is 1. The molecule has 1 amide bonds. The third kappa shape index (κ3) is 7.03. The van der Waals surface area contributed by atoms with E-state index < -0.39 is 5.50 Å². The van der Waals surface area contributed by atoms with Crippen molar-refractivity contribution in [3.8, 4) is 28.3 Å². The molecule has 8 aromatic rings. The van der Waals surface area contributed by atoms with Gasteiger partial charge < -0.3 is 23.3 Å². The minimum atomic E-state index is -0.717. The number of alkyl halides is 1. The minimum Gasteiger partial charge on any atom is -0.494 e. The summed E-state index contributed by atoms with van der Waals surface area (Å²) in [4.78, 5) is 22.2. The molecule has 3 aromatic carbocycles. The van der Waals surface area contributed by atoms with E-state index in [0.717, 1.165) is 88.6 Å². The highest BCUT2D eigenvalue weighted by molar-refractivity contribution is 6.32. The van der Waals surface area contributed by atoms with Gasteiger partial charge in [0, 0.05) is 82.9 Å². The van der Waals surface area contributed by atoms with Crippen molar-refractivity contribution >= 4 is 62.2 Å². The first-order valence-electron chi connectivity index (χ1n) is 20.9. The van der Waals surface area contributed by atoms with Crippen molar-refractivity contribution in [2.75, 3.05) is 31.8 Å². The number of nitrogens with zero attached hydrogens (tertiary/aromatic N) is 8. The summed E-state index contributed by atoms with van der Waals surface area (Å²) in [5.74, 6) is 1.18. The fourth-order valence-electron chi connectivity index (χ4n) is 9.15. The van der Waals surface area contributed by atoms with Gasteiger partial charge in [0.25, 0.3) is 5.91 Å². The average molecular weight is 874 g/mol. The van der Waals surface area contributed by atoms with Crippen LogP contribution in [0.15, 0.2) is 73.1 Å². The Balaban J connectivity index is 1.13. The number of carbonyl (C=O) groups excluding carboxylic acids is 1. The molecule has 12 nitrogen and oxygen atoms in total. The summed E-state index contributed by atoms with van der Waals surface area (Å²) in [6.07, 6.45) is 5.17. The normalized spacial score (nSPS) is 15.5. The SMILES string of the molecule is COCCOCc1cccn2nc(-c3ccc4c(c3)c(N3C(=O)c5c(CCCOc6cc(C)c(Cl)c(C)c6)c6cccc(-c7c(C)nn(C)c7C)c6n5C(C)[C@H]3Cl)cn4C)nc12. The smallest absolute Gasteiger partial charge is 0.276 e. The van der Waals surface area contributed by atoms with Crippen LogP contribution in [0, 0.1) is 27.7 Å². The van der Waals surface area contributed by atoms with Gasteiger partial charge >= 0.3 is 0 Å². The van der Waals surface area contributed by atoms with Gasteiger partial charge in [-0.3, -0.25) is 14.4 Å². The van der Waals surface area contributed by atoms with E-state index in [1.165, 1.54) is 0 Å². The molecule has 1 aliphatic heterocycles. The predicted molar refractivity (Wildman–Crippen MR) is 246 cm³/mol. The summed E-state index contributed by atoms with van der Waals surface area (Å²) in [5, 5.41) is 12.3.